The van der Waals surface area contributed by atoms with Gasteiger partial charge in [-0.05, 0) is 12.6 Å². The molecule has 0 unspecified atom stereocenters. The van der Waals surface area contributed by atoms with Gasteiger partial charge >= 0.3 is 6.01 Å². The Balaban J connectivity index is 2.10. The maximum Gasteiger partial charge on any atom is 0.322 e. The standard InChI is InChI=1S/C9H12N4O/c1-2-10-6-8-7-14-9(12-8)13-5-3-4-11-13/h3-5,7,10H,2,6H2,1H3. The first-order valence-corrected chi connectivity index (χ1v) is 4.55. The van der Waals surface area contributed by atoms with Crippen LogP contribution in [-0.2, 0) is 6.54 Å². The number of nitrogens with zero attached hydrogens (tertiary/aromatic N) is 3. The number of nitrogens with one attached hydrogen (secondary N) is 1. The summed E-state index contributed by atoms with van der Waals surface area (Å²) in [4.78, 5) is 4.26. The molecule has 2 heterocycles. The van der Waals surface area contributed by atoms with Gasteiger partial charge in [0.2, 0.25) is 0 Å². The molecule has 0 saturated heterocycles. The predicted octanol–water partition coefficient (Wildman–Crippen LogP) is 0.970. The Morgan fingerprint density at radius 3 is 3.21 bits per heavy atom. The molecule has 0 fully saturated rings. The van der Waals surface area contributed by atoms with Crippen molar-refractivity contribution in [3.05, 3.63) is 30.4 Å². The second kappa shape index (κ2) is 4.06. The quantitative estimate of drug-likeness (QED) is 0.784. The van der Waals surface area contributed by atoms with Gasteiger partial charge in [0, 0.05) is 18.9 Å². The van der Waals surface area contributed by atoms with E-state index in [1.807, 2.05) is 6.07 Å². The highest BCUT2D eigenvalue weighted by atomic mass is 16.4. The van der Waals surface area contributed by atoms with Crippen molar-refractivity contribution in [2.75, 3.05) is 6.54 Å². The van der Waals surface area contributed by atoms with Crippen LogP contribution in [0.3, 0.4) is 0 Å². The van der Waals surface area contributed by atoms with Gasteiger partial charge in [-0.2, -0.15) is 14.8 Å². The first-order valence-electron chi connectivity index (χ1n) is 4.55. The lowest BCUT2D eigenvalue weighted by Crippen LogP contribution is -2.12. The zero-order chi connectivity index (χ0) is 9.80. The van der Waals surface area contributed by atoms with Crippen molar-refractivity contribution >= 4 is 0 Å². The van der Waals surface area contributed by atoms with E-state index in [9.17, 15) is 0 Å². The van der Waals surface area contributed by atoms with Crippen molar-refractivity contribution in [2.24, 2.45) is 0 Å². The lowest BCUT2D eigenvalue weighted by Gasteiger charge is -1.94. The van der Waals surface area contributed by atoms with Crippen LogP contribution in [0.2, 0.25) is 0 Å². The van der Waals surface area contributed by atoms with E-state index < -0.39 is 0 Å². The summed E-state index contributed by atoms with van der Waals surface area (Å²) in [5.74, 6) is 0. The highest BCUT2D eigenvalue weighted by molar-refractivity contribution is 5.08. The Bertz CT molecular complexity index is 379. The van der Waals surface area contributed by atoms with E-state index in [-0.39, 0.29) is 0 Å². The Morgan fingerprint density at radius 1 is 1.57 bits per heavy atom. The maximum absolute atomic E-state index is 5.26. The largest absolute Gasteiger partial charge is 0.430 e. The fraction of sp³-hybridized carbons (Fsp3) is 0.333. The van der Waals surface area contributed by atoms with E-state index in [0.717, 1.165) is 18.8 Å². The van der Waals surface area contributed by atoms with Gasteiger partial charge in [-0.25, -0.2) is 0 Å². The summed E-state index contributed by atoms with van der Waals surface area (Å²) in [6.45, 7) is 3.69. The zero-order valence-electron chi connectivity index (χ0n) is 7.97. The molecule has 0 aliphatic carbocycles. The van der Waals surface area contributed by atoms with Crippen molar-refractivity contribution in [3.8, 4) is 6.01 Å². The van der Waals surface area contributed by atoms with Crippen LogP contribution in [0.4, 0.5) is 0 Å². The molecule has 14 heavy (non-hydrogen) atoms. The average Bonchev–Trinajstić information content (AvgIpc) is 2.85. The van der Waals surface area contributed by atoms with Gasteiger partial charge in [-0.3, -0.25) is 0 Å². The van der Waals surface area contributed by atoms with E-state index in [1.54, 1.807) is 23.3 Å². The first kappa shape index (κ1) is 8.96. The van der Waals surface area contributed by atoms with Crippen molar-refractivity contribution in [3.63, 3.8) is 0 Å². The van der Waals surface area contributed by atoms with Gasteiger partial charge in [-0.1, -0.05) is 6.92 Å². The molecule has 0 atom stereocenters. The van der Waals surface area contributed by atoms with E-state index in [4.69, 9.17) is 4.42 Å². The van der Waals surface area contributed by atoms with Crippen molar-refractivity contribution in [2.45, 2.75) is 13.5 Å². The fourth-order valence-electron chi connectivity index (χ4n) is 1.12. The minimum absolute atomic E-state index is 0.503. The number of rotatable bonds is 4. The summed E-state index contributed by atoms with van der Waals surface area (Å²) in [6.07, 6.45) is 5.12. The number of oxazole rings is 1. The van der Waals surface area contributed by atoms with Crippen LogP contribution in [0, 0.1) is 0 Å². The van der Waals surface area contributed by atoms with Crippen LogP contribution < -0.4 is 5.32 Å². The lowest BCUT2D eigenvalue weighted by atomic mass is 10.5. The Labute approximate surface area is 81.8 Å². The predicted molar refractivity (Wildman–Crippen MR) is 51.0 cm³/mol. The molecule has 0 aromatic carbocycles. The molecule has 1 N–H and O–H groups in total. The third kappa shape index (κ3) is 1.82. The zero-order valence-corrected chi connectivity index (χ0v) is 7.97. The molecule has 0 radical (unpaired) electrons. The average molecular weight is 192 g/mol. The van der Waals surface area contributed by atoms with Gasteiger partial charge in [0.05, 0.1) is 5.69 Å². The summed E-state index contributed by atoms with van der Waals surface area (Å²) in [5, 5.41) is 7.19. The van der Waals surface area contributed by atoms with Crippen LogP contribution in [0.25, 0.3) is 6.01 Å². The normalized spacial score (nSPS) is 10.6. The molecule has 5 nitrogen and oxygen atoms in total. The minimum atomic E-state index is 0.503. The monoisotopic (exact) mass is 192 g/mol. The number of aromatic nitrogens is 3. The topological polar surface area (TPSA) is 55.9 Å². The molecule has 2 rings (SSSR count). The SMILES string of the molecule is CCNCc1coc(-n2cccn2)n1. The highest BCUT2D eigenvalue weighted by Gasteiger charge is 2.04. The highest BCUT2D eigenvalue weighted by Crippen LogP contribution is 2.05. The smallest absolute Gasteiger partial charge is 0.322 e. The molecule has 74 valence electrons. The van der Waals surface area contributed by atoms with Crippen molar-refractivity contribution in [1.29, 1.82) is 0 Å². The molecule has 0 amide bonds. The number of hydrogen-bond acceptors (Lipinski definition) is 4. The van der Waals surface area contributed by atoms with Gasteiger partial charge < -0.3 is 9.73 Å². The molecular formula is C9H12N4O. The molecule has 0 aliphatic heterocycles. The summed E-state index contributed by atoms with van der Waals surface area (Å²) in [7, 11) is 0. The maximum atomic E-state index is 5.26. The summed E-state index contributed by atoms with van der Waals surface area (Å²) in [5.41, 5.74) is 0.886. The van der Waals surface area contributed by atoms with Crippen LogP contribution in [0.1, 0.15) is 12.6 Å². The Morgan fingerprint density at radius 2 is 2.50 bits per heavy atom. The van der Waals surface area contributed by atoms with Crippen LogP contribution in [0.15, 0.2) is 29.1 Å². The van der Waals surface area contributed by atoms with E-state index in [1.165, 1.54) is 0 Å². The third-order valence-electron chi connectivity index (χ3n) is 1.80. The van der Waals surface area contributed by atoms with Crippen molar-refractivity contribution in [1.82, 2.24) is 20.1 Å². The Kier molecular flexibility index (Phi) is 2.60. The summed E-state index contributed by atoms with van der Waals surface area (Å²) < 4.78 is 6.85. The second-order valence-electron chi connectivity index (χ2n) is 2.85. The molecule has 2 aromatic rings. The van der Waals surface area contributed by atoms with Gasteiger partial charge in [0.1, 0.15) is 6.26 Å². The van der Waals surface area contributed by atoms with Gasteiger partial charge in [-0.15, -0.1) is 0 Å². The van der Waals surface area contributed by atoms with Crippen molar-refractivity contribution < 1.29 is 4.42 Å². The molecule has 0 bridgehead atoms. The molecule has 0 aliphatic rings. The van der Waals surface area contributed by atoms with Crippen LogP contribution in [-0.4, -0.2) is 21.3 Å². The fourth-order valence-corrected chi connectivity index (χ4v) is 1.12. The van der Waals surface area contributed by atoms with Gasteiger partial charge in [0.25, 0.3) is 0 Å². The summed E-state index contributed by atoms with van der Waals surface area (Å²) >= 11 is 0. The third-order valence-corrected chi connectivity index (χ3v) is 1.80. The Hall–Kier alpha value is -1.62. The molecule has 0 saturated carbocycles. The lowest BCUT2D eigenvalue weighted by molar-refractivity contribution is 0.509. The summed E-state index contributed by atoms with van der Waals surface area (Å²) in [6, 6.07) is 2.33. The number of hydrogen-bond donors (Lipinski definition) is 1. The van der Waals surface area contributed by atoms with Crippen LogP contribution in [0.5, 0.6) is 0 Å². The first-order chi connectivity index (χ1) is 6.90. The van der Waals surface area contributed by atoms with E-state index >= 15 is 0 Å². The van der Waals surface area contributed by atoms with Gasteiger partial charge in [0.15, 0.2) is 0 Å². The minimum Gasteiger partial charge on any atom is -0.430 e. The van der Waals surface area contributed by atoms with Crippen LogP contribution >= 0.6 is 0 Å². The second-order valence-corrected chi connectivity index (χ2v) is 2.85. The van der Waals surface area contributed by atoms with E-state index in [2.05, 4.69) is 22.3 Å². The molecular weight excluding hydrogens is 180 g/mol. The molecule has 0 spiro atoms. The molecule has 2 aromatic heterocycles. The van der Waals surface area contributed by atoms with E-state index in [0.29, 0.717) is 6.01 Å². The molecule has 5 heteroatoms.